The molecule has 5 nitrogen and oxygen atoms in total. The van der Waals surface area contributed by atoms with Gasteiger partial charge in [-0.2, -0.15) is 0 Å². The van der Waals surface area contributed by atoms with Crippen LogP contribution in [0.2, 0.25) is 0 Å². The molecule has 1 aliphatic heterocycles. The first-order valence-electron chi connectivity index (χ1n) is 11.0. The van der Waals surface area contributed by atoms with E-state index in [2.05, 4.69) is 0 Å². The van der Waals surface area contributed by atoms with Crippen LogP contribution in [0.1, 0.15) is 56.1 Å². The van der Waals surface area contributed by atoms with Gasteiger partial charge >= 0.3 is 0 Å². The molecule has 0 N–H and O–H groups in total. The van der Waals surface area contributed by atoms with Crippen molar-refractivity contribution in [3.8, 4) is 0 Å². The molecule has 3 rings (SSSR count). The fraction of sp³-hybridized carbons (Fsp3) is 0.480. The minimum atomic E-state index is -3.35. The van der Waals surface area contributed by atoms with Gasteiger partial charge in [-0.1, -0.05) is 30.3 Å². The zero-order valence-corrected chi connectivity index (χ0v) is 20.5. The highest BCUT2D eigenvalue weighted by Gasteiger charge is 2.29. The summed E-state index contributed by atoms with van der Waals surface area (Å²) in [6.07, 6.45) is -0.490. The summed E-state index contributed by atoms with van der Waals surface area (Å²) in [5.41, 5.74) is 1.02. The van der Waals surface area contributed by atoms with E-state index in [1.165, 1.54) is 24.3 Å². The second-order valence-electron chi connectivity index (χ2n) is 9.70. The Morgan fingerprint density at radius 2 is 1.58 bits per heavy atom. The summed E-state index contributed by atoms with van der Waals surface area (Å²) in [5.74, 6) is -2.50. The van der Waals surface area contributed by atoms with Crippen LogP contribution in [0, 0.1) is 11.6 Å². The van der Waals surface area contributed by atoms with Crippen LogP contribution in [0.4, 0.5) is 14.5 Å². The Hall–Kier alpha value is -2.32. The number of halogens is 2. The summed E-state index contributed by atoms with van der Waals surface area (Å²) in [6, 6.07) is 9.16. The fourth-order valence-electron chi connectivity index (χ4n) is 3.83. The molecule has 0 radical (unpaired) electrons. The summed E-state index contributed by atoms with van der Waals surface area (Å²) in [5, 5.41) is 0. The van der Waals surface area contributed by atoms with E-state index < -0.39 is 26.2 Å². The van der Waals surface area contributed by atoms with Crippen molar-refractivity contribution in [3.63, 3.8) is 0 Å². The van der Waals surface area contributed by atoms with E-state index in [4.69, 9.17) is 4.74 Å². The molecule has 0 aromatic heterocycles. The number of ketones is 1. The molecule has 2 atom stereocenters. The molecule has 2 aromatic rings. The monoisotopic (exact) mass is 479 g/mol. The van der Waals surface area contributed by atoms with Gasteiger partial charge in [0.1, 0.15) is 0 Å². The van der Waals surface area contributed by atoms with E-state index in [1.54, 1.807) is 37.8 Å². The summed E-state index contributed by atoms with van der Waals surface area (Å²) in [6.45, 7) is 9.59. The lowest BCUT2D eigenvalue weighted by Crippen LogP contribution is -2.46. The van der Waals surface area contributed by atoms with Crippen molar-refractivity contribution in [3.05, 3.63) is 64.7 Å². The van der Waals surface area contributed by atoms with Crippen LogP contribution in [0.3, 0.4) is 0 Å². The number of anilines is 1. The number of carbonyl (C=O) groups is 1. The van der Waals surface area contributed by atoms with Gasteiger partial charge in [0.05, 0.1) is 28.4 Å². The third-order valence-corrected chi connectivity index (χ3v) is 8.40. The minimum Gasteiger partial charge on any atom is -0.372 e. The summed E-state index contributed by atoms with van der Waals surface area (Å²) in [4.78, 5) is 14.4. The molecule has 0 aliphatic carbocycles. The zero-order chi connectivity index (χ0) is 24.6. The Morgan fingerprint density at radius 3 is 2.12 bits per heavy atom. The quantitative estimate of drug-likeness (QED) is 0.561. The summed E-state index contributed by atoms with van der Waals surface area (Å²) < 4.78 is 59.1. The van der Waals surface area contributed by atoms with Gasteiger partial charge in [0.15, 0.2) is 27.3 Å². The highest BCUT2D eigenvalue weighted by atomic mass is 32.2. The van der Waals surface area contributed by atoms with Crippen LogP contribution in [-0.2, 0) is 26.7 Å². The van der Waals surface area contributed by atoms with E-state index in [1.807, 2.05) is 13.8 Å². The Bertz CT molecular complexity index is 1110. The molecule has 8 heteroatoms. The maximum absolute atomic E-state index is 14.8. The molecule has 0 amide bonds. The van der Waals surface area contributed by atoms with Crippen molar-refractivity contribution in [2.24, 2.45) is 0 Å². The molecule has 1 saturated heterocycles. The van der Waals surface area contributed by atoms with E-state index in [9.17, 15) is 22.0 Å². The van der Waals surface area contributed by atoms with Gasteiger partial charge in [-0.05, 0) is 51.8 Å². The van der Waals surface area contributed by atoms with Crippen LogP contribution in [-0.4, -0.2) is 44.2 Å². The first kappa shape index (κ1) is 25.3. The van der Waals surface area contributed by atoms with Crippen molar-refractivity contribution in [2.45, 2.75) is 63.7 Å². The second-order valence-corrected chi connectivity index (χ2v) is 12.4. The van der Waals surface area contributed by atoms with E-state index >= 15 is 0 Å². The molecule has 33 heavy (non-hydrogen) atoms. The molecule has 1 heterocycles. The molecule has 1 aliphatic rings. The molecule has 1 fully saturated rings. The number of Topliss-reactive ketones (excluding diaryl/α,β-unsaturated/α-hetero) is 1. The highest BCUT2D eigenvalue weighted by Crippen LogP contribution is 2.28. The Morgan fingerprint density at radius 1 is 1.00 bits per heavy atom. The Balaban J connectivity index is 1.73. The lowest BCUT2D eigenvalue weighted by atomic mass is 10.0. The number of ether oxygens (including phenoxy) is 1. The lowest BCUT2D eigenvalue weighted by Gasteiger charge is -2.37. The number of hydrogen-bond donors (Lipinski definition) is 0. The Labute approximate surface area is 194 Å². The average Bonchev–Trinajstić information content (AvgIpc) is 2.70. The maximum Gasteiger partial charge on any atom is 0.182 e. The molecule has 0 saturated carbocycles. The topological polar surface area (TPSA) is 63.7 Å². The van der Waals surface area contributed by atoms with E-state index in [-0.39, 0.29) is 41.4 Å². The number of sulfone groups is 1. The van der Waals surface area contributed by atoms with E-state index in [0.29, 0.717) is 24.2 Å². The van der Waals surface area contributed by atoms with Crippen LogP contribution < -0.4 is 4.90 Å². The largest absolute Gasteiger partial charge is 0.372 e. The zero-order valence-electron chi connectivity index (χ0n) is 19.7. The van der Waals surface area contributed by atoms with Gasteiger partial charge in [-0.25, -0.2) is 17.2 Å². The average molecular weight is 480 g/mol. The number of carbonyl (C=O) groups excluding carboxylic acids is 1. The number of rotatable bonds is 6. The van der Waals surface area contributed by atoms with E-state index in [0.717, 1.165) is 0 Å². The third-order valence-electron chi connectivity index (χ3n) is 5.82. The lowest BCUT2D eigenvalue weighted by molar-refractivity contribution is -0.00543. The van der Waals surface area contributed by atoms with Crippen molar-refractivity contribution < 1.29 is 26.7 Å². The smallest absolute Gasteiger partial charge is 0.182 e. The predicted molar refractivity (Wildman–Crippen MR) is 125 cm³/mol. The molecule has 2 aromatic carbocycles. The van der Waals surface area contributed by atoms with Crippen LogP contribution >= 0.6 is 0 Å². The molecule has 0 spiro atoms. The van der Waals surface area contributed by atoms with Crippen molar-refractivity contribution in [2.75, 3.05) is 18.0 Å². The number of morpholine rings is 1. The summed E-state index contributed by atoms with van der Waals surface area (Å²) in [7, 11) is -3.35. The molecular weight excluding hydrogens is 448 g/mol. The van der Waals surface area contributed by atoms with Gasteiger partial charge in [0.2, 0.25) is 0 Å². The Kier molecular flexibility index (Phi) is 7.29. The summed E-state index contributed by atoms with van der Waals surface area (Å²) >= 11 is 0. The molecular formula is C25H31F2NO4S. The first-order valence-corrected chi connectivity index (χ1v) is 12.7. The second kappa shape index (κ2) is 9.50. The van der Waals surface area contributed by atoms with Gasteiger partial charge < -0.3 is 9.64 Å². The van der Waals surface area contributed by atoms with Gasteiger partial charge in [0, 0.05) is 25.1 Å². The molecule has 0 bridgehead atoms. The first-order chi connectivity index (χ1) is 15.3. The number of benzene rings is 2. The maximum atomic E-state index is 14.8. The molecule has 180 valence electrons. The minimum absolute atomic E-state index is 0.0185. The van der Waals surface area contributed by atoms with Crippen molar-refractivity contribution in [1.29, 1.82) is 0 Å². The van der Waals surface area contributed by atoms with Gasteiger partial charge in [0.25, 0.3) is 0 Å². The fourth-order valence-corrected chi connectivity index (χ4v) is 4.90. The van der Waals surface area contributed by atoms with Crippen molar-refractivity contribution >= 4 is 21.3 Å². The molecule has 0 unspecified atom stereocenters. The van der Waals surface area contributed by atoms with Gasteiger partial charge in [-0.15, -0.1) is 0 Å². The SMILES string of the molecule is C[C@@H]1CN(c2ccc(CC(=O)c3ccc(CS(=O)(=O)C(C)(C)C)cc3)c(F)c2F)C[C@H](C)O1. The predicted octanol–water partition coefficient (Wildman–Crippen LogP) is 4.72. The number of nitrogens with zero attached hydrogens (tertiary/aromatic N) is 1. The standard InChI is InChI=1S/C25H31F2NO4S/c1-16-13-28(14-17(2)32-16)21-11-10-20(23(26)24(21)27)12-22(29)19-8-6-18(7-9-19)15-33(30,31)25(3,4)5/h6-11,16-17H,12-15H2,1-5H3/t16-,17+. The van der Waals surface area contributed by atoms with Crippen molar-refractivity contribution in [1.82, 2.24) is 0 Å². The normalized spacial score (nSPS) is 19.5. The van der Waals surface area contributed by atoms with Crippen LogP contribution in [0.15, 0.2) is 36.4 Å². The third kappa shape index (κ3) is 5.79. The van der Waals surface area contributed by atoms with Crippen LogP contribution in [0.25, 0.3) is 0 Å². The van der Waals surface area contributed by atoms with Gasteiger partial charge in [-0.3, -0.25) is 4.79 Å². The highest BCUT2D eigenvalue weighted by molar-refractivity contribution is 7.91. The van der Waals surface area contributed by atoms with Crippen LogP contribution in [0.5, 0.6) is 0 Å². The number of hydrogen-bond acceptors (Lipinski definition) is 5.